The van der Waals surface area contributed by atoms with E-state index < -0.39 is 0 Å². The van der Waals surface area contributed by atoms with Gasteiger partial charge in [-0.1, -0.05) is 12.1 Å². The average molecular weight is 267 g/mol. The molecule has 2 heterocycles. The molecule has 1 N–H and O–H groups in total. The zero-order valence-corrected chi connectivity index (χ0v) is 11.6. The van der Waals surface area contributed by atoms with Crippen LogP contribution in [-0.2, 0) is 6.54 Å². The maximum Gasteiger partial charge on any atom is 0.211 e. The predicted molar refractivity (Wildman–Crippen MR) is 78.2 cm³/mol. The van der Waals surface area contributed by atoms with E-state index in [0.717, 1.165) is 23.6 Å². The summed E-state index contributed by atoms with van der Waals surface area (Å²) in [6.07, 6.45) is 5.44. The summed E-state index contributed by atoms with van der Waals surface area (Å²) in [5.74, 6) is 1.57. The number of aryl methyl sites for hydroxylation is 1. The maximum atomic E-state index is 5.52. The summed E-state index contributed by atoms with van der Waals surface area (Å²) in [4.78, 5) is 8.36. The first kappa shape index (κ1) is 12.8. The zero-order chi connectivity index (χ0) is 13.9. The lowest BCUT2D eigenvalue weighted by atomic mass is 10.1. The Kier molecular flexibility index (Phi) is 3.48. The Balaban J connectivity index is 1.70. The van der Waals surface area contributed by atoms with E-state index in [4.69, 9.17) is 4.42 Å². The third-order valence-corrected chi connectivity index (χ3v) is 3.33. The van der Waals surface area contributed by atoms with E-state index in [0.29, 0.717) is 0 Å². The zero-order valence-electron chi connectivity index (χ0n) is 11.6. The van der Waals surface area contributed by atoms with Crippen LogP contribution in [0, 0.1) is 6.92 Å². The van der Waals surface area contributed by atoms with Crippen LogP contribution in [0.1, 0.15) is 30.2 Å². The topological polar surface area (TPSA) is 51.0 Å². The average Bonchev–Trinajstić information content (AvgIpc) is 2.91. The molecular weight excluding hydrogens is 250 g/mol. The van der Waals surface area contributed by atoms with Gasteiger partial charge in [-0.15, -0.1) is 0 Å². The van der Waals surface area contributed by atoms with E-state index in [-0.39, 0.29) is 6.04 Å². The first-order valence-corrected chi connectivity index (χ1v) is 6.71. The quantitative estimate of drug-likeness (QED) is 0.787. The van der Waals surface area contributed by atoms with Gasteiger partial charge in [-0.05, 0) is 36.9 Å². The lowest BCUT2D eigenvalue weighted by Gasteiger charge is -2.10. The molecule has 0 radical (unpaired) electrons. The number of oxazole rings is 1. The molecule has 0 aliphatic heterocycles. The van der Waals surface area contributed by atoms with Crippen LogP contribution in [-0.4, -0.2) is 9.97 Å². The van der Waals surface area contributed by atoms with Crippen LogP contribution in [0.4, 0.5) is 0 Å². The summed E-state index contributed by atoms with van der Waals surface area (Å²) >= 11 is 0. The van der Waals surface area contributed by atoms with E-state index in [1.165, 1.54) is 10.9 Å². The minimum absolute atomic E-state index is 0.0943. The predicted octanol–water partition coefficient (Wildman–Crippen LogP) is 3.38. The minimum Gasteiger partial charge on any atom is -0.444 e. The first-order chi connectivity index (χ1) is 9.72. The molecule has 4 heteroatoms. The number of hydrogen-bond acceptors (Lipinski definition) is 4. The van der Waals surface area contributed by atoms with Crippen LogP contribution in [0.15, 0.2) is 47.3 Å². The number of hydrogen-bond donors (Lipinski definition) is 1. The third kappa shape index (κ3) is 2.70. The Morgan fingerprint density at radius 3 is 2.90 bits per heavy atom. The van der Waals surface area contributed by atoms with Crippen LogP contribution >= 0.6 is 0 Å². The standard InChI is InChI=1S/C16H17N3O/c1-11-8-19-16(20-11)12(2)18-9-13-3-4-15-10-17-6-5-14(15)7-13/h3-8,10,12,18H,9H2,1-2H3. The maximum absolute atomic E-state index is 5.52. The fourth-order valence-electron chi connectivity index (χ4n) is 2.17. The van der Waals surface area contributed by atoms with Gasteiger partial charge in [0.05, 0.1) is 12.2 Å². The molecule has 20 heavy (non-hydrogen) atoms. The number of pyridine rings is 1. The Hall–Kier alpha value is -2.20. The molecule has 0 spiro atoms. The molecule has 3 aromatic rings. The minimum atomic E-state index is 0.0943. The summed E-state index contributed by atoms with van der Waals surface area (Å²) < 4.78 is 5.52. The highest BCUT2D eigenvalue weighted by Gasteiger charge is 2.10. The van der Waals surface area contributed by atoms with Gasteiger partial charge in [-0.3, -0.25) is 4.98 Å². The lowest BCUT2D eigenvalue weighted by Crippen LogP contribution is -2.18. The van der Waals surface area contributed by atoms with E-state index in [9.17, 15) is 0 Å². The van der Waals surface area contributed by atoms with Gasteiger partial charge >= 0.3 is 0 Å². The van der Waals surface area contributed by atoms with Gasteiger partial charge in [0.2, 0.25) is 5.89 Å². The number of rotatable bonds is 4. The molecule has 0 aliphatic rings. The van der Waals surface area contributed by atoms with Crippen LogP contribution < -0.4 is 5.32 Å². The molecule has 0 amide bonds. The second-order valence-electron chi connectivity index (χ2n) is 4.97. The second kappa shape index (κ2) is 5.43. The largest absolute Gasteiger partial charge is 0.444 e. The summed E-state index contributed by atoms with van der Waals surface area (Å²) in [5.41, 5.74) is 1.24. The summed E-state index contributed by atoms with van der Waals surface area (Å²) in [7, 11) is 0. The Labute approximate surface area is 117 Å². The monoisotopic (exact) mass is 267 g/mol. The number of nitrogens with zero attached hydrogens (tertiary/aromatic N) is 2. The van der Waals surface area contributed by atoms with Gasteiger partial charge in [0.15, 0.2) is 0 Å². The van der Waals surface area contributed by atoms with Crippen LogP contribution in [0.3, 0.4) is 0 Å². The molecule has 2 aromatic heterocycles. The van der Waals surface area contributed by atoms with Crippen molar-refractivity contribution in [2.24, 2.45) is 0 Å². The number of aromatic nitrogens is 2. The van der Waals surface area contributed by atoms with Gasteiger partial charge in [-0.2, -0.15) is 0 Å². The van der Waals surface area contributed by atoms with E-state index in [2.05, 4.69) is 40.4 Å². The molecule has 1 atom stereocenters. The van der Waals surface area contributed by atoms with Crippen molar-refractivity contribution in [3.8, 4) is 0 Å². The Morgan fingerprint density at radius 2 is 2.10 bits per heavy atom. The molecule has 1 unspecified atom stereocenters. The highest BCUT2D eigenvalue weighted by Crippen LogP contribution is 2.16. The van der Waals surface area contributed by atoms with Crippen LogP contribution in [0.25, 0.3) is 10.8 Å². The second-order valence-corrected chi connectivity index (χ2v) is 4.97. The molecule has 0 saturated heterocycles. The van der Waals surface area contributed by atoms with Crippen LogP contribution in [0.5, 0.6) is 0 Å². The highest BCUT2D eigenvalue weighted by molar-refractivity contribution is 5.81. The van der Waals surface area contributed by atoms with Gasteiger partial charge in [0, 0.05) is 24.3 Å². The number of nitrogens with one attached hydrogen (secondary N) is 1. The van der Waals surface area contributed by atoms with Gasteiger partial charge in [0.25, 0.3) is 0 Å². The summed E-state index contributed by atoms with van der Waals surface area (Å²) in [5, 5.41) is 5.79. The van der Waals surface area contributed by atoms with E-state index >= 15 is 0 Å². The molecule has 1 aromatic carbocycles. The molecule has 102 valence electrons. The summed E-state index contributed by atoms with van der Waals surface area (Å²) in [6.45, 7) is 4.73. The normalized spacial score (nSPS) is 12.7. The van der Waals surface area contributed by atoms with Crippen LogP contribution in [0.2, 0.25) is 0 Å². The van der Waals surface area contributed by atoms with Crippen molar-refractivity contribution in [3.05, 3.63) is 60.1 Å². The fraction of sp³-hybridized carbons (Fsp3) is 0.250. The summed E-state index contributed by atoms with van der Waals surface area (Å²) in [6, 6.07) is 8.51. The molecular formula is C16H17N3O. The van der Waals surface area contributed by atoms with Gasteiger partial charge in [0.1, 0.15) is 5.76 Å². The molecule has 0 bridgehead atoms. The Morgan fingerprint density at radius 1 is 1.20 bits per heavy atom. The van der Waals surface area contributed by atoms with E-state index in [1.54, 1.807) is 6.20 Å². The Bertz CT molecular complexity index is 720. The highest BCUT2D eigenvalue weighted by atomic mass is 16.4. The molecule has 0 saturated carbocycles. The van der Waals surface area contributed by atoms with Crippen molar-refractivity contribution in [1.82, 2.24) is 15.3 Å². The first-order valence-electron chi connectivity index (χ1n) is 6.71. The van der Waals surface area contributed by atoms with Crippen molar-refractivity contribution in [3.63, 3.8) is 0 Å². The van der Waals surface area contributed by atoms with Crippen molar-refractivity contribution in [1.29, 1.82) is 0 Å². The molecule has 0 fully saturated rings. The van der Waals surface area contributed by atoms with Gasteiger partial charge < -0.3 is 9.73 Å². The van der Waals surface area contributed by atoms with Crippen molar-refractivity contribution in [2.75, 3.05) is 0 Å². The third-order valence-electron chi connectivity index (χ3n) is 3.33. The lowest BCUT2D eigenvalue weighted by molar-refractivity contribution is 0.402. The molecule has 4 nitrogen and oxygen atoms in total. The fourth-order valence-corrected chi connectivity index (χ4v) is 2.17. The SMILES string of the molecule is Cc1cnc(C(C)NCc2ccc3cnccc3c2)o1. The van der Waals surface area contributed by atoms with Crippen molar-refractivity contribution in [2.45, 2.75) is 26.4 Å². The number of benzene rings is 1. The number of fused-ring (bicyclic) bond motifs is 1. The van der Waals surface area contributed by atoms with Crippen molar-refractivity contribution < 1.29 is 4.42 Å². The van der Waals surface area contributed by atoms with E-state index in [1.807, 2.05) is 25.4 Å². The van der Waals surface area contributed by atoms with Crippen molar-refractivity contribution >= 4 is 10.8 Å². The van der Waals surface area contributed by atoms with Gasteiger partial charge in [-0.25, -0.2) is 4.98 Å². The smallest absolute Gasteiger partial charge is 0.211 e. The molecule has 3 rings (SSSR count). The molecule has 0 aliphatic carbocycles.